The van der Waals surface area contributed by atoms with Gasteiger partial charge in [-0.25, -0.2) is 0 Å². The van der Waals surface area contributed by atoms with Crippen molar-refractivity contribution >= 4 is 5.96 Å². The molecule has 0 aliphatic carbocycles. The Bertz CT molecular complexity index is 488. The Morgan fingerprint density at radius 1 is 1.50 bits per heavy atom. The number of guanidine groups is 1. The molecule has 0 amide bonds. The zero-order chi connectivity index (χ0) is 14.0. The summed E-state index contributed by atoms with van der Waals surface area (Å²) in [6.45, 7) is 4.80. The molecule has 3 heterocycles. The van der Waals surface area contributed by atoms with Gasteiger partial charge in [0.25, 0.3) is 0 Å². The molecular weight excluding hydrogens is 252 g/mol. The van der Waals surface area contributed by atoms with E-state index in [-0.39, 0.29) is 0 Å². The predicted octanol–water partition coefficient (Wildman–Crippen LogP) is 1.21. The Balaban J connectivity index is 1.59. The van der Waals surface area contributed by atoms with Gasteiger partial charge < -0.3 is 19.5 Å². The van der Waals surface area contributed by atoms with E-state index in [4.69, 9.17) is 4.74 Å². The van der Waals surface area contributed by atoms with Crippen molar-refractivity contribution in [1.29, 1.82) is 0 Å². The van der Waals surface area contributed by atoms with Crippen LogP contribution in [0.3, 0.4) is 0 Å². The van der Waals surface area contributed by atoms with E-state index < -0.39 is 0 Å². The number of rotatable bonds is 2. The standard InChI is InChI=1S/C15H24N4O/c1-16-14(17-10-13-4-3-7-18(13)2)19-8-5-15(11-19)6-9-20-12-15/h3-4,7H,5-6,8-12H2,1-2H3,(H,16,17). The average Bonchev–Trinajstić information content (AvgIpc) is 3.16. The largest absolute Gasteiger partial charge is 0.381 e. The second kappa shape index (κ2) is 5.48. The molecule has 0 bridgehead atoms. The van der Waals surface area contributed by atoms with E-state index in [1.165, 1.54) is 18.5 Å². The van der Waals surface area contributed by atoms with Crippen molar-refractivity contribution in [3.05, 3.63) is 24.0 Å². The van der Waals surface area contributed by atoms with Gasteiger partial charge in [-0.15, -0.1) is 0 Å². The highest BCUT2D eigenvalue weighted by atomic mass is 16.5. The number of aliphatic imine (C=N–C) groups is 1. The lowest BCUT2D eigenvalue weighted by Gasteiger charge is -2.25. The Morgan fingerprint density at radius 3 is 3.05 bits per heavy atom. The fraction of sp³-hybridized carbons (Fsp3) is 0.667. The Labute approximate surface area is 120 Å². The maximum absolute atomic E-state index is 5.59. The number of nitrogens with one attached hydrogen (secondary N) is 1. The van der Waals surface area contributed by atoms with Crippen LogP contribution in [0.2, 0.25) is 0 Å². The van der Waals surface area contributed by atoms with Gasteiger partial charge in [0.15, 0.2) is 5.96 Å². The molecule has 2 aliphatic heterocycles. The molecule has 1 unspecified atom stereocenters. The zero-order valence-electron chi connectivity index (χ0n) is 12.4. The average molecular weight is 276 g/mol. The highest BCUT2D eigenvalue weighted by molar-refractivity contribution is 5.80. The van der Waals surface area contributed by atoms with Crippen LogP contribution in [0.4, 0.5) is 0 Å². The molecule has 3 rings (SSSR count). The fourth-order valence-corrected chi connectivity index (χ4v) is 3.27. The van der Waals surface area contributed by atoms with Crippen LogP contribution in [-0.2, 0) is 18.3 Å². The molecule has 1 aromatic rings. The molecular formula is C15H24N4O. The van der Waals surface area contributed by atoms with Crippen LogP contribution in [0.5, 0.6) is 0 Å². The Kier molecular flexibility index (Phi) is 3.70. The molecule has 0 radical (unpaired) electrons. The quantitative estimate of drug-likeness (QED) is 0.652. The summed E-state index contributed by atoms with van der Waals surface area (Å²) >= 11 is 0. The number of aromatic nitrogens is 1. The van der Waals surface area contributed by atoms with Gasteiger partial charge in [-0.2, -0.15) is 0 Å². The maximum Gasteiger partial charge on any atom is 0.193 e. The van der Waals surface area contributed by atoms with Crippen molar-refractivity contribution in [2.24, 2.45) is 17.5 Å². The monoisotopic (exact) mass is 276 g/mol. The number of ether oxygens (including phenoxy) is 1. The first-order chi connectivity index (χ1) is 9.72. The first-order valence-electron chi connectivity index (χ1n) is 7.36. The summed E-state index contributed by atoms with van der Waals surface area (Å²) in [7, 11) is 3.93. The SMILES string of the molecule is CN=C(NCc1cccn1C)N1CCC2(CCOC2)C1. The van der Waals surface area contributed by atoms with Gasteiger partial charge in [-0.05, 0) is 25.0 Å². The van der Waals surface area contributed by atoms with Crippen LogP contribution < -0.4 is 5.32 Å². The van der Waals surface area contributed by atoms with Crippen molar-refractivity contribution in [2.45, 2.75) is 19.4 Å². The lowest BCUT2D eigenvalue weighted by atomic mass is 9.87. The Morgan fingerprint density at radius 2 is 2.40 bits per heavy atom. The van der Waals surface area contributed by atoms with Gasteiger partial charge in [0.05, 0.1) is 13.2 Å². The predicted molar refractivity (Wildman–Crippen MR) is 79.7 cm³/mol. The highest BCUT2D eigenvalue weighted by Gasteiger charge is 2.42. The molecule has 110 valence electrons. The van der Waals surface area contributed by atoms with Crippen molar-refractivity contribution < 1.29 is 4.74 Å². The number of likely N-dealkylation sites (tertiary alicyclic amines) is 1. The maximum atomic E-state index is 5.59. The van der Waals surface area contributed by atoms with Crippen LogP contribution >= 0.6 is 0 Å². The number of aryl methyl sites for hydroxylation is 1. The summed E-state index contributed by atoms with van der Waals surface area (Å²) < 4.78 is 7.72. The first kappa shape index (κ1) is 13.5. The number of hydrogen-bond donors (Lipinski definition) is 1. The van der Waals surface area contributed by atoms with E-state index in [0.717, 1.165) is 38.8 Å². The van der Waals surface area contributed by atoms with E-state index in [9.17, 15) is 0 Å². The van der Waals surface area contributed by atoms with Gasteiger partial charge in [-0.1, -0.05) is 0 Å². The van der Waals surface area contributed by atoms with Gasteiger partial charge in [0.2, 0.25) is 0 Å². The molecule has 2 fully saturated rings. The van der Waals surface area contributed by atoms with Gasteiger partial charge in [0.1, 0.15) is 0 Å². The summed E-state index contributed by atoms with van der Waals surface area (Å²) in [6.07, 6.45) is 4.48. The van der Waals surface area contributed by atoms with E-state index in [0.29, 0.717) is 5.41 Å². The van der Waals surface area contributed by atoms with Crippen LogP contribution in [-0.4, -0.2) is 48.8 Å². The third-order valence-electron chi connectivity index (χ3n) is 4.61. The molecule has 5 nitrogen and oxygen atoms in total. The highest BCUT2D eigenvalue weighted by Crippen LogP contribution is 2.38. The third-order valence-corrected chi connectivity index (χ3v) is 4.61. The topological polar surface area (TPSA) is 41.8 Å². The minimum absolute atomic E-state index is 0.378. The van der Waals surface area contributed by atoms with Gasteiger partial charge in [-0.3, -0.25) is 4.99 Å². The molecule has 1 N–H and O–H groups in total. The lowest BCUT2D eigenvalue weighted by Crippen LogP contribution is -2.41. The minimum atomic E-state index is 0.378. The molecule has 2 saturated heterocycles. The Hall–Kier alpha value is -1.49. The second-order valence-electron chi connectivity index (χ2n) is 5.99. The van der Waals surface area contributed by atoms with E-state index in [1.54, 1.807) is 0 Å². The molecule has 0 saturated carbocycles. The summed E-state index contributed by atoms with van der Waals surface area (Å²) in [5.41, 5.74) is 1.65. The summed E-state index contributed by atoms with van der Waals surface area (Å²) in [5, 5.41) is 3.48. The lowest BCUT2D eigenvalue weighted by molar-refractivity contribution is 0.156. The van der Waals surface area contributed by atoms with Crippen LogP contribution in [0.15, 0.2) is 23.3 Å². The van der Waals surface area contributed by atoms with Crippen molar-refractivity contribution in [2.75, 3.05) is 33.4 Å². The smallest absolute Gasteiger partial charge is 0.193 e. The second-order valence-corrected chi connectivity index (χ2v) is 5.99. The molecule has 1 aromatic heterocycles. The van der Waals surface area contributed by atoms with Crippen LogP contribution in [0, 0.1) is 5.41 Å². The summed E-state index contributed by atoms with van der Waals surface area (Å²) in [6, 6.07) is 4.21. The first-order valence-corrected chi connectivity index (χ1v) is 7.36. The van der Waals surface area contributed by atoms with Gasteiger partial charge in [0, 0.05) is 51.1 Å². The van der Waals surface area contributed by atoms with E-state index >= 15 is 0 Å². The third kappa shape index (κ3) is 2.54. The van der Waals surface area contributed by atoms with Crippen molar-refractivity contribution in [1.82, 2.24) is 14.8 Å². The fourth-order valence-electron chi connectivity index (χ4n) is 3.27. The molecule has 1 atom stereocenters. The zero-order valence-corrected chi connectivity index (χ0v) is 12.4. The number of nitrogens with zero attached hydrogens (tertiary/aromatic N) is 3. The molecule has 5 heteroatoms. The molecule has 2 aliphatic rings. The van der Waals surface area contributed by atoms with E-state index in [1.807, 2.05) is 7.05 Å². The number of hydrogen-bond acceptors (Lipinski definition) is 2. The van der Waals surface area contributed by atoms with Crippen molar-refractivity contribution in [3.63, 3.8) is 0 Å². The van der Waals surface area contributed by atoms with Crippen molar-refractivity contribution in [3.8, 4) is 0 Å². The summed E-state index contributed by atoms with van der Waals surface area (Å²) in [5.74, 6) is 1.01. The molecule has 0 aromatic carbocycles. The minimum Gasteiger partial charge on any atom is -0.381 e. The molecule has 20 heavy (non-hydrogen) atoms. The van der Waals surface area contributed by atoms with Crippen LogP contribution in [0.25, 0.3) is 0 Å². The van der Waals surface area contributed by atoms with Crippen LogP contribution in [0.1, 0.15) is 18.5 Å². The van der Waals surface area contributed by atoms with Gasteiger partial charge >= 0.3 is 0 Å². The summed E-state index contributed by atoms with van der Waals surface area (Å²) in [4.78, 5) is 6.81. The normalized spacial score (nSPS) is 26.7. The van der Waals surface area contributed by atoms with E-state index in [2.05, 4.69) is 45.2 Å². The molecule has 1 spiro atoms.